The maximum Gasteiger partial charge on any atom is 0.327 e. The first-order chi connectivity index (χ1) is 55.3. The Morgan fingerprint density at radius 3 is 1.05 bits per heavy atom. The van der Waals surface area contributed by atoms with Crippen LogP contribution >= 0.6 is 58.0 Å². The third-order valence-electron chi connectivity index (χ3n) is 20.4. The van der Waals surface area contributed by atoms with Crippen molar-refractivity contribution in [3.63, 3.8) is 0 Å². The zero-order valence-corrected chi connectivity index (χ0v) is 68.7. The number of imidazole rings is 5. The molecule has 0 aliphatic heterocycles. The van der Waals surface area contributed by atoms with Crippen molar-refractivity contribution < 1.29 is 18.7 Å². The number of nitrogens with zero attached hydrogens (tertiary/aromatic N) is 12. The zero-order valence-electron chi connectivity index (χ0n) is 64.9. The van der Waals surface area contributed by atoms with Crippen molar-refractivity contribution in [1.29, 1.82) is 0 Å². The monoisotopic (exact) mass is 1660 g/mol. The van der Waals surface area contributed by atoms with Gasteiger partial charge in [0.2, 0.25) is 5.91 Å². The van der Waals surface area contributed by atoms with E-state index in [0.717, 1.165) is 126 Å². The molecule has 3 aromatic carbocycles. The lowest BCUT2D eigenvalue weighted by Crippen LogP contribution is -2.21. The molecule has 0 spiro atoms. The van der Waals surface area contributed by atoms with Gasteiger partial charge >= 0.3 is 28.4 Å². The van der Waals surface area contributed by atoms with Gasteiger partial charge in [0.25, 0.3) is 0 Å². The van der Waals surface area contributed by atoms with Gasteiger partial charge in [0.05, 0.1) is 64.6 Å². The summed E-state index contributed by atoms with van der Waals surface area (Å²) in [6.45, 7) is 21.9. The summed E-state index contributed by atoms with van der Waals surface area (Å²) in [7, 11) is 0. The van der Waals surface area contributed by atoms with E-state index in [4.69, 9.17) is 58.0 Å². The first kappa shape index (κ1) is 84.7. The molecule has 27 nitrogen and oxygen atoms in total. The van der Waals surface area contributed by atoms with E-state index >= 15 is 0 Å². The molecule has 0 aliphatic rings. The second-order valence-corrected chi connectivity index (χ2v) is 29.2. The number of rotatable bonds is 21. The minimum Gasteiger partial charge on any atom is -0.508 e. The first-order valence-corrected chi connectivity index (χ1v) is 39.8. The van der Waals surface area contributed by atoms with E-state index in [1.165, 1.54) is 25.4 Å². The van der Waals surface area contributed by atoms with Gasteiger partial charge in [-0.2, -0.15) is 10.2 Å². The van der Waals surface area contributed by atoms with Gasteiger partial charge in [0.1, 0.15) is 5.75 Å². The highest BCUT2D eigenvalue weighted by Gasteiger charge is 2.28. The number of anilines is 1. The van der Waals surface area contributed by atoms with E-state index < -0.39 is 11.6 Å². The van der Waals surface area contributed by atoms with E-state index in [9.17, 15) is 42.7 Å². The molecular formula is C81H87Cl5F2N20O7. The fraction of sp³-hybridized carbons (Fsp3) is 0.321. The van der Waals surface area contributed by atoms with Crippen LogP contribution < -0.4 is 33.8 Å². The molecule has 115 heavy (non-hydrogen) atoms. The molecule has 9 N–H and O–H groups in total. The van der Waals surface area contributed by atoms with Crippen molar-refractivity contribution in [2.75, 3.05) is 5.32 Å². The Bertz CT molecular complexity index is 6120. The van der Waals surface area contributed by atoms with Crippen LogP contribution in [0.1, 0.15) is 171 Å². The summed E-state index contributed by atoms with van der Waals surface area (Å²) >= 11 is 31.8. The molecule has 1 amide bonds. The number of hydrogen-bond acceptors (Lipinski definition) is 14. The third kappa shape index (κ3) is 17.4. The number of aromatic amines is 7. The van der Waals surface area contributed by atoms with Gasteiger partial charge in [-0.25, -0.2) is 57.7 Å². The van der Waals surface area contributed by atoms with Crippen molar-refractivity contribution in [2.45, 2.75) is 171 Å². The van der Waals surface area contributed by atoms with Crippen molar-refractivity contribution in [1.82, 2.24) is 93.1 Å². The molecule has 15 aromatic rings. The molecule has 0 aliphatic carbocycles. The number of benzene rings is 3. The van der Waals surface area contributed by atoms with E-state index in [0.29, 0.717) is 87.3 Å². The van der Waals surface area contributed by atoms with Crippen LogP contribution in [0, 0.1) is 11.6 Å². The molecule has 0 saturated heterocycles. The SMILES string of the molecule is CCC(CC)n1c(=O)[nH]c2ncc(Cl)c(-c3ccc(F)c(F)c3)c21.CCC(CC)n1c(=O)[nH]c2ncc(Cl)c(-c3ccc(NC(C)=O)cc3)c21.CCC(CC)n1c(=O)[nH]c2ncc(Cl)c(-c3cccc(O)c3)c21.CCC(CC)n1c(=O)[nH]c2ncc(Cl)c(-c3ccn[nH]3)c21.CCC(CC)n1c(=O)[nH]c2ncc(Cl)c(-c3cn[nH]c3)c21. The largest absolute Gasteiger partial charge is 0.508 e. The highest BCUT2D eigenvalue weighted by atomic mass is 35.5. The molecule has 34 heteroatoms. The summed E-state index contributed by atoms with van der Waals surface area (Å²) in [5, 5.41) is 28.3. The minimum atomic E-state index is -0.972. The molecule has 0 fully saturated rings. The van der Waals surface area contributed by atoms with Crippen molar-refractivity contribution in [2.24, 2.45) is 0 Å². The van der Waals surface area contributed by atoms with E-state index in [-0.39, 0.29) is 75.3 Å². The van der Waals surface area contributed by atoms with Gasteiger partial charge in [0.15, 0.2) is 39.9 Å². The summed E-state index contributed by atoms with van der Waals surface area (Å²) in [5.74, 6) is -1.89. The number of phenolic OH excluding ortho intramolecular Hbond substituents is 1. The topological polar surface area (TPSA) is 360 Å². The van der Waals surface area contributed by atoms with Gasteiger partial charge in [-0.05, 0) is 123 Å². The quantitative estimate of drug-likeness (QED) is 0.0323. The number of aromatic nitrogens is 19. The number of amides is 1. The van der Waals surface area contributed by atoms with Crippen LogP contribution in [-0.4, -0.2) is 104 Å². The average molecular weight is 1670 g/mol. The number of nitrogens with one attached hydrogen (secondary N) is 8. The fourth-order valence-corrected chi connectivity index (χ4v) is 16.0. The number of carbonyl (C=O) groups is 1. The third-order valence-corrected chi connectivity index (χ3v) is 21.8. The van der Waals surface area contributed by atoms with E-state index in [1.54, 1.807) is 78.2 Å². The first-order valence-electron chi connectivity index (χ1n) is 37.9. The molecule has 0 bridgehead atoms. The Balaban J connectivity index is 0.000000142. The number of aromatic hydroxyl groups is 1. The number of phenols is 1. The summed E-state index contributed by atoms with van der Waals surface area (Å²) in [6.07, 6.45) is 20.9. The fourth-order valence-electron chi connectivity index (χ4n) is 14.7. The molecule has 12 heterocycles. The lowest BCUT2D eigenvalue weighted by molar-refractivity contribution is -0.114. The second kappa shape index (κ2) is 37.4. The lowest BCUT2D eigenvalue weighted by atomic mass is 10.0. The van der Waals surface area contributed by atoms with Crippen LogP contribution in [0.2, 0.25) is 25.1 Å². The molecular weight excluding hydrogens is 1580 g/mol. The Kier molecular flexibility index (Phi) is 27.5. The number of H-pyrrole nitrogens is 7. The van der Waals surface area contributed by atoms with Gasteiger partial charge in [0, 0.05) is 120 Å². The molecule has 15 rings (SSSR count). The summed E-state index contributed by atoms with van der Waals surface area (Å²) in [4.78, 5) is 108. The van der Waals surface area contributed by atoms with Crippen LogP contribution in [0.3, 0.4) is 0 Å². The van der Waals surface area contributed by atoms with Gasteiger partial charge in [-0.1, -0.05) is 158 Å². The number of pyridine rings is 5. The van der Waals surface area contributed by atoms with Crippen molar-refractivity contribution >= 4 is 125 Å². The smallest absolute Gasteiger partial charge is 0.327 e. The zero-order chi connectivity index (χ0) is 82.8. The van der Waals surface area contributed by atoms with Gasteiger partial charge in [-0.3, -0.25) is 62.7 Å². The van der Waals surface area contributed by atoms with Gasteiger partial charge in [-0.15, -0.1) is 0 Å². The molecule has 0 saturated carbocycles. The summed E-state index contributed by atoms with van der Waals surface area (Å²) in [5.41, 5.74) is 12.7. The van der Waals surface area contributed by atoms with Crippen LogP contribution in [0.4, 0.5) is 14.5 Å². The predicted molar refractivity (Wildman–Crippen MR) is 452 cm³/mol. The number of hydrogen-bond donors (Lipinski definition) is 9. The Morgan fingerprint density at radius 1 is 0.409 bits per heavy atom. The van der Waals surface area contributed by atoms with Crippen LogP contribution in [-0.2, 0) is 4.79 Å². The highest BCUT2D eigenvalue weighted by Crippen LogP contribution is 2.41. The van der Waals surface area contributed by atoms with Crippen molar-refractivity contribution in [3.8, 4) is 61.5 Å². The predicted octanol–water partition coefficient (Wildman–Crippen LogP) is 19.4. The van der Waals surface area contributed by atoms with E-state index in [2.05, 4.69) is 117 Å². The molecule has 0 radical (unpaired) electrons. The Morgan fingerprint density at radius 2 is 0.739 bits per heavy atom. The number of carbonyl (C=O) groups excluding carboxylic acids is 1. The second-order valence-electron chi connectivity index (χ2n) is 27.1. The average Bonchev–Trinajstić information content (AvgIpc) is 1.64. The van der Waals surface area contributed by atoms with Crippen LogP contribution in [0.15, 0.2) is 146 Å². The summed E-state index contributed by atoms with van der Waals surface area (Å²) < 4.78 is 35.6. The number of halogens is 7. The standard InChI is InChI=1S/C19H21ClN4O2.C17H16ClF2N3O.C17H18ClN3O2.2C14H16ClN5O/c1-4-14(5-2)24-17-16(15(20)10-21-18(17)23-19(24)26)12-6-8-13(9-7-12)22-11(3)25;1-3-10(4-2)23-15-14(9-5-6-12(19)13(20)7-9)11(18)8-21-16(15)22-17(23)24;1-3-11(4-2)21-15-14(10-6-5-7-12(22)8-10)13(18)9-19-16(15)20-17(21)23;1-3-9(4-2)20-12-11(8-5-17-18-6-8)10(15)7-16-13(12)19-14(20)21;1-3-8(4-2)20-12-11(10-5-6-17-19-10)9(15)7-16-13(12)18-14(20)21/h6-10,14H,4-5H2,1-3H3,(H,22,25)(H,21,23,26);5-8,10H,3-4H2,1-2H3,(H,21,22,24);5-9,11,22H,3-4H2,1-2H3,(H,19,20,23);5-7,9H,3-4H2,1-2H3,(H,17,18)(H,16,19,21);5-8H,3-4H2,1-2H3,(H,17,19)(H,16,18,21). The highest BCUT2D eigenvalue weighted by molar-refractivity contribution is 6.36. The minimum absolute atomic E-state index is 0.0458. The molecule has 602 valence electrons. The summed E-state index contributed by atoms with van der Waals surface area (Å²) in [6, 6.07) is 19.9. The maximum atomic E-state index is 13.7. The molecule has 0 unspecified atom stereocenters. The van der Waals surface area contributed by atoms with Crippen molar-refractivity contribution in [3.05, 3.63) is 212 Å². The Labute approximate surface area is 681 Å². The number of fused-ring (bicyclic) bond motifs is 5. The van der Waals surface area contributed by atoms with Gasteiger partial charge < -0.3 is 10.4 Å². The van der Waals surface area contributed by atoms with Crippen LogP contribution in [0.25, 0.3) is 112 Å². The lowest BCUT2D eigenvalue weighted by Gasteiger charge is -2.17. The van der Waals surface area contributed by atoms with Crippen LogP contribution in [0.5, 0.6) is 5.75 Å². The normalized spacial score (nSPS) is 11.5. The Hall–Kier alpha value is -11.2. The molecule has 12 aromatic heterocycles. The molecule has 0 atom stereocenters. The maximum absolute atomic E-state index is 13.7. The van der Waals surface area contributed by atoms with E-state index in [1.807, 2.05) is 64.1 Å².